The van der Waals surface area contributed by atoms with Crippen molar-refractivity contribution in [3.8, 4) is 11.5 Å². The number of aryl methyl sites for hydroxylation is 1. The first kappa shape index (κ1) is 18.1. The second kappa shape index (κ2) is 9.78. The summed E-state index contributed by atoms with van der Waals surface area (Å²) in [7, 11) is 0. The Morgan fingerprint density at radius 2 is 1.58 bits per heavy atom. The molecule has 24 heavy (non-hydrogen) atoms. The molecule has 0 atom stereocenters. The van der Waals surface area contributed by atoms with Crippen molar-refractivity contribution in [1.82, 2.24) is 0 Å². The van der Waals surface area contributed by atoms with E-state index in [0.29, 0.717) is 13.2 Å². The van der Waals surface area contributed by atoms with Crippen LogP contribution in [-0.2, 0) is 6.42 Å². The van der Waals surface area contributed by atoms with E-state index in [0.717, 1.165) is 36.4 Å². The van der Waals surface area contributed by atoms with Gasteiger partial charge in [0.2, 0.25) is 0 Å². The van der Waals surface area contributed by atoms with Gasteiger partial charge in [0.15, 0.2) is 0 Å². The van der Waals surface area contributed by atoms with Crippen molar-refractivity contribution in [1.29, 1.82) is 0 Å². The van der Waals surface area contributed by atoms with Gasteiger partial charge in [0.05, 0.1) is 18.8 Å². The molecule has 0 radical (unpaired) electrons. The first-order valence-electron chi connectivity index (χ1n) is 8.64. The van der Waals surface area contributed by atoms with Crippen LogP contribution in [0.25, 0.3) is 12.2 Å². The van der Waals surface area contributed by atoms with E-state index in [1.54, 1.807) is 0 Å². The average Bonchev–Trinajstić information content (AvgIpc) is 2.60. The molecule has 0 aliphatic heterocycles. The highest BCUT2D eigenvalue weighted by molar-refractivity contribution is 5.76. The summed E-state index contributed by atoms with van der Waals surface area (Å²) >= 11 is 0. The highest BCUT2D eigenvalue weighted by Crippen LogP contribution is 2.30. The number of benzene rings is 2. The average molecular weight is 325 g/mol. The van der Waals surface area contributed by atoms with E-state index in [1.165, 1.54) is 11.1 Å². The molecular weight excluding hydrogens is 298 g/mol. The van der Waals surface area contributed by atoms with Crippen molar-refractivity contribution < 1.29 is 9.47 Å². The molecule has 2 N–H and O–H groups in total. The lowest BCUT2D eigenvalue weighted by Crippen LogP contribution is -2.00. The van der Waals surface area contributed by atoms with Crippen molar-refractivity contribution in [2.75, 3.05) is 19.8 Å². The Hall–Kier alpha value is -2.26. The van der Waals surface area contributed by atoms with E-state index in [1.807, 2.05) is 32.0 Å². The standard InChI is InChI=1S/C21H27NO2/c1-3-23-20-11-6-12-21(24-4-2)19(20)14-13-18-9-5-8-17(16-18)10-7-15-22/h5-6,8-9,11-14,16H,3-4,7,10,15,22H2,1-2H3/b14-13+. The third kappa shape index (κ3) is 5.14. The minimum atomic E-state index is 0.630. The topological polar surface area (TPSA) is 44.5 Å². The van der Waals surface area contributed by atoms with Crippen LogP contribution in [0.1, 0.15) is 37.0 Å². The Balaban J connectivity index is 2.27. The smallest absolute Gasteiger partial charge is 0.130 e. The lowest BCUT2D eigenvalue weighted by molar-refractivity contribution is 0.322. The third-order valence-electron chi connectivity index (χ3n) is 3.69. The minimum Gasteiger partial charge on any atom is -0.493 e. The molecule has 128 valence electrons. The SMILES string of the molecule is CCOc1cccc(OCC)c1/C=C/c1cccc(CCCN)c1. The molecule has 3 heteroatoms. The Labute approximate surface area is 145 Å². The lowest BCUT2D eigenvalue weighted by atomic mass is 10.0. The molecule has 0 fully saturated rings. The zero-order valence-electron chi connectivity index (χ0n) is 14.6. The summed E-state index contributed by atoms with van der Waals surface area (Å²) in [5.41, 5.74) is 9.05. The number of hydrogen-bond donors (Lipinski definition) is 1. The zero-order valence-corrected chi connectivity index (χ0v) is 14.6. The normalized spacial score (nSPS) is 11.0. The predicted octanol–water partition coefficient (Wildman–Crippen LogP) is 4.55. The quantitative estimate of drug-likeness (QED) is 0.688. The Kier molecular flexibility index (Phi) is 7.37. The van der Waals surface area contributed by atoms with Crippen LogP contribution in [0.3, 0.4) is 0 Å². The number of ether oxygens (including phenoxy) is 2. The largest absolute Gasteiger partial charge is 0.493 e. The van der Waals surface area contributed by atoms with E-state index in [4.69, 9.17) is 15.2 Å². The second-order valence-corrected chi connectivity index (χ2v) is 5.50. The molecule has 0 spiro atoms. The van der Waals surface area contributed by atoms with Crippen LogP contribution >= 0.6 is 0 Å². The van der Waals surface area contributed by atoms with Gasteiger partial charge < -0.3 is 15.2 Å². The molecule has 3 nitrogen and oxygen atoms in total. The van der Waals surface area contributed by atoms with Crippen LogP contribution in [0, 0.1) is 0 Å². The van der Waals surface area contributed by atoms with Crippen LogP contribution in [0.4, 0.5) is 0 Å². The van der Waals surface area contributed by atoms with Gasteiger partial charge in [-0.2, -0.15) is 0 Å². The highest BCUT2D eigenvalue weighted by atomic mass is 16.5. The Bertz CT molecular complexity index is 640. The molecule has 0 aliphatic carbocycles. The fraction of sp³-hybridized carbons (Fsp3) is 0.333. The van der Waals surface area contributed by atoms with Gasteiger partial charge in [0.25, 0.3) is 0 Å². The molecule has 2 aromatic rings. The molecular formula is C21H27NO2. The molecule has 0 unspecified atom stereocenters. The molecule has 0 saturated heterocycles. The molecule has 0 heterocycles. The lowest BCUT2D eigenvalue weighted by Gasteiger charge is -2.12. The van der Waals surface area contributed by atoms with Gasteiger partial charge in [0.1, 0.15) is 11.5 Å². The van der Waals surface area contributed by atoms with Crippen molar-refractivity contribution in [2.24, 2.45) is 5.73 Å². The monoisotopic (exact) mass is 325 g/mol. The maximum Gasteiger partial charge on any atom is 0.130 e. The molecule has 0 amide bonds. The van der Waals surface area contributed by atoms with E-state index in [2.05, 4.69) is 36.4 Å². The Morgan fingerprint density at radius 1 is 0.917 bits per heavy atom. The summed E-state index contributed by atoms with van der Waals surface area (Å²) in [6, 6.07) is 14.4. The van der Waals surface area contributed by atoms with Crippen LogP contribution in [0.2, 0.25) is 0 Å². The molecule has 0 bridgehead atoms. The van der Waals surface area contributed by atoms with Crippen molar-refractivity contribution in [2.45, 2.75) is 26.7 Å². The third-order valence-corrected chi connectivity index (χ3v) is 3.69. The van der Waals surface area contributed by atoms with Crippen molar-refractivity contribution in [3.63, 3.8) is 0 Å². The predicted molar refractivity (Wildman–Crippen MR) is 102 cm³/mol. The summed E-state index contributed by atoms with van der Waals surface area (Å²) in [5, 5.41) is 0. The summed E-state index contributed by atoms with van der Waals surface area (Å²) in [6.07, 6.45) is 6.19. The van der Waals surface area contributed by atoms with Gasteiger partial charge >= 0.3 is 0 Å². The molecule has 0 aliphatic rings. The maximum absolute atomic E-state index is 5.74. The molecule has 2 rings (SSSR count). The van der Waals surface area contributed by atoms with E-state index >= 15 is 0 Å². The van der Waals surface area contributed by atoms with Crippen molar-refractivity contribution in [3.05, 3.63) is 59.2 Å². The fourth-order valence-corrected chi connectivity index (χ4v) is 2.59. The van der Waals surface area contributed by atoms with Gasteiger partial charge in [-0.05, 0) is 62.6 Å². The van der Waals surface area contributed by atoms with Crippen LogP contribution < -0.4 is 15.2 Å². The first-order valence-corrected chi connectivity index (χ1v) is 8.64. The zero-order chi connectivity index (χ0) is 17.2. The van der Waals surface area contributed by atoms with E-state index < -0.39 is 0 Å². The second-order valence-electron chi connectivity index (χ2n) is 5.50. The number of hydrogen-bond acceptors (Lipinski definition) is 3. The first-order chi connectivity index (χ1) is 11.8. The summed E-state index contributed by atoms with van der Waals surface area (Å²) in [5.74, 6) is 1.69. The van der Waals surface area contributed by atoms with Crippen molar-refractivity contribution >= 4 is 12.2 Å². The number of nitrogens with two attached hydrogens (primary N) is 1. The van der Waals surface area contributed by atoms with Gasteiger partial charge in [-0.3, -0.25) is 0 Å². The van der Waals surface area contributed by atoms with Crippen LogP contribution in [0.5, 0.6) is 11.5 Å². The highest BCUT2D eigenvalue weighted by Gasteiger charge is 2.07. The van der Waals surface area contributed by atoms with Crippen LogP contribution in [-0.4, -0.2) is 19.8 Å². The Morgan fingerprint density at radius 3 is 2.21 bits per heavy atom. The summed E-state index contributed by atoms with van der Waals surface area (Å²) in [6.45, 7) is 5.96. The van der Waals surface area contributed by atoms with Gasteiger partial charge in [0, 0.05) is 0 Å². The summed E-state index contributed by atoms with van der Waals surface area (Å²) in [4.78, 5) is 0. The molecule has 0 saturated carbocycles. The van der Waals surface area contributed by atoms with Gasteiger partial charge in [-0.15, -0.1) is 0 Å². The maximum atomic E-state index is 5.74. The van der Waals surface area contributed by atoms with E-state index in [-0.39, 0.29) is 0 Å². The fourth-order valence-electron chi connectivity index (χ4n) is 2.59. The molecule has 0 aromatic heterocycles. The number of rotatable bonds is 9. The summed E-state index contributed by atoms with van der Waals surface area (Å²) < 4.78 is 11.5. The van der Waals surface area contributed by atoms with E-state index in [9.17, 15) is 0 Å². The molecule has 2 aromatic carbocycles. The van der Waals surface area contributed by atoms with Gasteiger partial charge in [-0.1, -0.05) is 36.4 Å². The van der Waals surface area contributed by atoms with Crippen LogP contribution in [0.15, 0.2) is 42.5 Å². The van der Waals surface area contributed by atoms with Gasteiger partial charge in [-0.25, -0.2) is 0 Å². The minimum absolute atomic E-state index is 0.630.